The van der Waals surface area contributed by atoms with Crippen molar-refractivity contribution in [2.24, 2.45) is 5.41 Å². The Labute approximate surface area is 182 Å². The normalized spacial score (nSPS) is 17.2. The molecule has 2 aromatic rings. The number of amides is 1. The smallest absolute Gasteiger partial charge is 0.236 e. The lowest BCUT2D eigenvalue weighted by molar-refractivity contribution is -0.118. The van der Waals surface area contributed by atoms with Crippen LogP contribution in [0.4, 0.5) is 11.4 Å². The highest BCUT2D eigenvalue weighted by molar-refractivity contribution is 14.1. The topological polar surface area (TPSA) is 23.6 Å². The van der Waals surface area contributed by atoms with Gasteiger partial charge >= 0.3 is 0 Å². The molecule has 4 heteroatoms. The second-order valence-electron chi connectivity index (χ2n) is 9.03. The van der Waals surface area contributed by atoms with Crippen LogP contribution in [0.15, 0.2) is 30.3 Å². The fourth-order valence-electron chi connectivity index (χ4n) is 4.28. The van der Waals surface area contributed by atoms with E-state index in [0.717, 1.165) is 25.2 Å². The summed E-state index contributed by atoms with van der Waals surface area (Å²) in [5, 5.41) is 0. The van der Waals surface area contributed by atoms with Gasteiger partial charge in [0.2, 0.25) is 5.91 Å². The molecule has 28 heavy (non-hydrogen) atoms. The minimum absolute atomic E-state index is 0.224. The summed E-state index contributed by atoms with van der Waals surface area (Å²) in [4.78, 5) is 15.2. The highest BCUT2D eigenvalue weighted by atomic mass is 127. The van der Waals surface area contributed by atoms with Crippen LogP contribution in [0.25, 0.3) is 0 Å². The highest BCUT2D eigenvalue weighted by Gasteiger charge is 2.40. The molecule has 1 heterocycles. The summed E-state index contributed by atoms with van der Waals surface area (Å²) in [7, 11) is 0. The Balaban J connectivity index is 1.56. The number of halogens is 1. The second kappa shape index (κ2) is 7.36. The fourth-order valence-corrected chi connectivity index (χ4v) is 5.21. The summed E-state index contributed by atoms with van der Waals surface area (Å²) in [6.07, 6.45) is 4.09. The molecule has 1 aliphatic carbocycles. The molecular weight excluding hydrogens is 459 g/mol. The third-order valence-corrected chi connectivity index (χ3v) is 7.33. The van der Waals surface area contributed by atoms with Gasteiger partial charge < -0.3 is 4.90 Å². The zero-order valence-electron chi connectivity index (χ0n) is 17.3. The van der Waals surface area contributed by atoms with Gasteiger partial charge in [-0.1, -0.05) is 30.7 Å². The molecule has 0 spiro atoms. The lowest BCUT2D eigenvalue weighted by Crippen LogP contribution is -2.30. The van der Waals surface area contributed by atoms with Gasteiger partial charge in [0, 0.05) is 25.2 Å². The van der Waals surface area contributed by atoms with E-state index in [1.165, 1.54) is 46.3 Å². The Morgan fingerprint density at radius 1 is 1.11 bits per heavy atom. The fraction of sp³-hybridized carbons (Fsp3) is 0.458. The number of hydrogen-bond donors (Lipinski definition) is 0. The van der Waals surface area contributed by atoms with E-state index in [4.69, 9.17) is 0 Å². The predicted octanol–water partition coefficient (Wildman–Crippen LogP) is 6.05. The van der Waals surface area contributed by atoms with E-state index >= 15 is 0 Å². The molecule has 2 aromatic carbocycles. The molecular formula is C24H29IN2O. The van der Waals surface area contributed by atoms with Gasteiger partial charge in [-0.25, -0.2) is 0 Å². The molecule has 0 atom stereocenters. The van der Waals surface area contributed by atoms with Gasteiger partial charge in [-0.2, -0.15) is 0 Å². The van der Waals surface area contributed by atoms with E-state index in [0.29, 0.717) is 6.42 Å². The second-order valence-corrected chi connectivity index (χ2v) is 10.00. The molecule has 0 N–H and O–H groups in total. The zero-order valence-corrected chi connectivity index (χ0v) is 19.5. The van der Waals surface area contributed by atoms with E-state index in [1.807, 2.05) is 3.11 Å². The maximum atomic E-state index is 12.8. The van der Waals surface area contributed by atoms with Gasteiger partial charge in [-0.3, -0.25) is 7.91 Å². The van der Waals surface area contributed by atoms with Crippen molar-refractivity contribution in [3.05, 3.63) is 58.1 Å². The van der Waals surface area contributed by atoms with Crippen molar-refractivity contribution in [2.45, 2.75) is 59.9 Å². The number of carbonyl (C=O) groups is 1. The van der Waals surface area contributed by atoms with E-state index in [9.17, 15) is 4.79 Å². The van der Waals surface area contributed by atoms with Gasteiger partial charge in [0.1, 0.15) is 0 Å². The summed E-state index contributed by atoms with van der Waals surface area (Å²) in [6, 6.07) is 11.3. The Bertz CT molecular complexity index is 909. The van der Waals surface area contributed by atoms with Crippen molar-refractivity contribution in [3.8, 4) is 0 Å². The third-order valence-electron chi connectivity index (χ3n) is 6.31. The van der Waals surface area contributed by atoms with Crippen molar-refractivity contribution >= 4 is 40.1 Å². The van der Waals surface area contributed by atoms with Crippen LogP contribution in [-0.2, 0) is 17.8 Å². The molecule has 2 aliphatic rings. The molecule has 1 amide bonds. The molecule has 4 rings (SSSR count). The molecule has 0 saturated heterocycles. The number of rotatable bonds is 4. The monoisotopic (exact) mass is 488 g/mol. The van der Waals surface area contributed by atoms with Gasteiger partial charge in [-0.05, 0) is 79.8 Å². The van der Waals surface area contributed by atoms with Crippen LogP contribution >= 0.6 is 22.9 Å². The average molecular weight is 488 g/mol. The Morgan fingerprint density at radius 3 is 2.43 bits per heavy atom. The largest absolute Gasteiger partial charge is 0.367 e. The van der Waals surface area contributed by atoms with E-state index in [2.05, 4.69) is 85.8 Å². The minimum atomic E-state index is 0.224. The van der Waals surface area contributed by atoms with Crippen LogP contribution in [0.2, 0.25) is 0 Å². The molecule has 0 unspecified atom stereocenters. The number of hydrogen-bond acceptors (Lipinski definition) is 2. The zero-order chi connectivity index (χ0) is 20.1. The SMILES string of the molecule is Cc1ccc2c(c1)CCN(c1cc(C)c(N(I)C(=O)CC3(C)CC3)c(C)c1)C2. The number of nitrogens with zero attached hydrogens (tertiary/aromatic N) is 2. The predicted molar refractivity (Wildman–Crippen MR) is 125 cm³/mol. The van der Waals surface area contributed by atoms with Gasteiger partial charge in [0.05, 0.1) is 28.6 Å². The average Bonchev–Trinajstić information content (AvgIpc) is 3.37. The molecule has 1 saturated carbocycles. The number of aryl methyl sites for hydroxylation is 3. The number of carbonyl (C=O) groups excluding carboxylic acids is 1. The van der Waals surface area contributed by atoms with Crippen LogP contribution in [-0.4, -0.2) is 12.5 Å². The molecule has 1 fully saturated rings. The number of anilines is 2. The van der Waals surface area contributed by atoms with Crippen LogP contribution in [0.5, 0.6) is 0 Å². The van der Waals surface area contributed by atoms with Gasteiger partial charge in [0.15, 0.2) is 0 Å². The number of fused-ring (bicyclic) bond motifs is 1. The van der Waals surface area contributed by atoms with Gasteiger partial charge in [0.25, 0.3) is 0 Å². The first kappa shape index (κ1) is 19.7. The summed E-state index contributed by atoms with van der Waals surface area (Å²) >= 11 is 2.19. The molecule has 148 valence electrons. The van der Waals surface area contributed by atoms with Gasteiger partial charge in [-0.15, -0.1) is 0 Å². The Morgan fingerprint density at radius 2 is 1.79 bits per heavy atom. The van der Waals surface area contributed by atoms with Crippen molar-refractivity contribution in [3.63, 3.8) is 0 Å². The lowest BCUT2D eigenvalue weighted by Gasteiger charge is -2.32. The Hall–Kier alpha value is -1.56. The van der Waals surface area contributed by atoms with Crippen molar-refractivity contribution in [1.82, 2.24) is 0 Å². The number of benzene rings is 2. The molecule has 3 nitrogen and oxygen atoms in total. The molecule has 1 aliphatic heterocycles. The van der Waals surface area contributed by atoms with Crippen molar-refractivity contribution < 1.29 is 4.79 Å². The summed E-state index contributed by atoms with van der Waals surface area (Å²) in [6.45, 7) is 10.6. The Kier molecular flexibility index (Phi) is 5.19. The molecule has 0 radical (unpaired) electrons. The minimum Gasteiger partial charge on any atom is -0.367 e. The first-order valence-corrected chi connectivity index (χ1v) is 11.2. The van der Waals surface area contributed by atoms with E-state index in [1.54, 1.807) is 0 Å². The maximum Gasteiger partial charge on any atom is 0.236 e. The third kappa shape index (κ3) is 3.93. The molecule has 0 bridgehead atoms. The van der Waals surface area contributed by atoms with Crippen LogP contribution in [0.1, 0.15) is 54.0 Å². The lowest BCUT2D eigenvalue weighted by atomic mass is 9.96. The standard InChI is InChI=1S/C24H29IN2O/c1-16-5-6-20-15-26(10-7-19(20)11-16)21-12-17(2)23(18(3)13-21)27(25)22(28)14-24(4)8-9-24/h5-6,11-13H,7-10,14-15H2,1-4H3. The summed E-state index contributed by atoms with van der Waals surface area (Å²) < 4.78 is 1.85. The van der Waals surface area contributed by atoms with Crippen molar-refractivity contribution in [2.75, 3.05) is 14.6 Å². The van der Waals surface area contributed by atoms with Crippen LogP contribution < -0.4 is 8.01 Å². The first-order chi connectivity index (χ1) is 13.3. The van der Waals surface area contributed by atoms with E-state index < -0.39 is 0 Å². The van der Waals surface area contributed by atoms with Crippen molar-refractivity contribution in [1.29, 1.82) is 0 Å². The van der Waals surface area contributed by atoms with E-state index in [-0.39, 0.29) is 11.3 Å². The highest BCUT2D eigenvalue weighted by Crippen LogP contribution is 2.49. The maximum absolute atomic E-state index is 12.8. The van der Waals surface area contributed by atoms with Crippen LogP contribution in [0.3, 0.4) is 0 Å². The molecule has 0 aromatic heterocycles. The summed E-state index contributed by atoms with van der Waals surface area (Å²) in [5.41, 5.74) is 9.17. The van der Waals surface area contributed by atoms with Crippen LogP contribution in [0, 0.1) is 26.2 Å². The summed E-state index contributed by atoms with van der Waals surface area (Å²) in [5.74, 6) is 0.224. The quantitative estimate of drug-likeness (QED) is 0.387. The first-order valence-electron chi connectivity index (χ1n) is 10.2.